The highest BCUT2D eigenvalue weighted by Crippen LogP contribution is 2.18. The van der Waals surface area contributed by atoms with Crippen LogP contribution in [0, 0.1) is 6.92 Å². The van der Waals surface area contributed by atoms with Crippen LogP contribution in [-0.4, -0.2) is 27.0 Å². The number of aryl methyl sites for hydroxylation is 2. The quantitative estimate of drug-likeness (QED) is 0.421. The standard InChI is InChI=1S/C23H21N3O3S/c1-16-5-12-22(30-16)20(27)11-6-17-14-25(15-24-17)18-7-9-19(10-8-18)26-13-3-4-21(29-2)23(26)28/h3-5,7-10,12-15H,6,11H2,1-2H3. The van der Waals surface area contributed by atoms with Crippen molar-refractivity contribution in [1.82, 2.24) is 14.1 Å². The highest BCUT2D eigenvalue weighted by Gasteiger charge is 2.10. The molecule has 0 aliphatic carbocycles. The summed E-state index contributed by atoms with van der Waals surface area (Å²) in [6.07, 6.45) is 6.41. The molecule has 0 radical (unpaired) electrons. The van der Waals surface area contributed by atoms with E-state index >= 15 is 0 Å². The first-order chi connectivity index (χ1) is 14.5. The van der Waals surface area contributed by atoms with Gasteiger partial charge in [-0.05, 0) is 61.9 Å². The lowest BCUT2D eigenvalue weighted by atomic mass is 10.1. The lowest BCUT2D eigenvalue weighted by molar-refractivity contribution is 0.0986. The second-order valence-corrected chi connectivity index (χ2v) is 8.16. The molecule has 0 unspecified atom stereocenters. The average Bonchev–Trinajstić information content (AvgIpc) is 3.42. The van der Waals surface area contributed by atoms with Crippen LogP contribution < -0.4 is 10.3 Å². The number of hydrogen-bond donors (Lipinski definition) is 0. The van der Waals surface area contributed by atoms with E-state index in [9.17, 15) is 9.59 Å². The maximum Gasteiger partial charge on any atom is 0.297 e. The fourth-order valence-electron chi connectivity index (χ4n) is 3.20. The third-order valence-corrected chi connectivity index (χ3v) is 5.86. The zero-order valence-electron chi connectivity index (χ0n) is 16.7. The van der Waals surface area contributed by atoms with Crippen LogP contribution in [0.2, 0.25) is 0 Å². The molecule has 0 aliphatic rings. The summed E-state index contributed by atoms with van der Waals surface area (Å²) in [6, 6.07) is 14.9. The van der Waals surface area contributed by atoms with Gasteiger partial charge in [0.2, 0.25) is 0 Å². The van der Waals surface area contributed by atoms with E-state index < -0.39 is 0 Å². The molecule has 3 aromatic heterocycles. The monoisotopic (exact) mass is 419 g/mol. The fraction of sp³-hybridized carbons (Fsp3) is 0.174. The predicted octanol–water partition coefficient (Wildman–Crippen LogP) is 4.22. The number of Topliss-reactive ketones (excluding diaryl/α,β-unsaturated/α-hetero) is 1. The number of ether oxygens (including phenoxy) is 1. The van der Waals surface area contributed by atoms with Gasteiger partial charge in [-0.3, -0.25) is 14.2 Å². The SMILES string of the molecule is COc1cccn(-c2ccc(-n3cnc(CCC(=O)c4ccc(C)s4)c3)cc2)c1=O. The Morgan fingerprint density at radius 2 is 1.87 bits per heavy atom. The van der Waals surface area contributed by atoms with E-state index in [1.54, 1.807) is 29.2 Å². The van der Waals surface area contributed by atoms with Crippen LogP contribution in [0.25, 0.3) is 11.4 Å². The minimum Gasteiger partial charge on any atom is -0.491 e. The van der Waals surface area contributed by atoms with Gasteiger partial charge in [-0.25, -0.2) is 4.98 Å². The number of carbonyl (C=O) groups excluding carboxylic acids is 1. The summed E-state index contributed by atoms with van der Waals surface area (Å²) in [5, 5.41) is 0. The number of hydrogen-bond acceptors (Lipinski definition) is 5. The van der Waals surface area contributed by atoms with E-state index in [2.05, 4.69) is 4.98 Å². The second kappa shape index (κ2) is 8.51. The molecule has 0 saturated carbocycles. The Bertz CT molecular complexity index is 1240. The first kappa shape index (κ1) is 19.8. The topological polar surface area (TPSA) is 66.1 Å². The van der Waals surface area contributed by atoms with Gasteiger partial charge in [0.1, 0.15) is 0 Å². The Hall–Kier alpha value is -3.45. The lowest BCUT2D eigenvalue weighted by Gasteiger charge is -2.09. The molecule has 0 saturated heterocycles. The summed E-state index contributed by atoms with van der Waals surface area (Å²) < 4.78 is 8.55. The van der Waals surface area contributed by atoms with Gasteiger partial charge in [0.05, 0.1) is 24.0 Å². The van der Waals surface area contributed by atoms with Crippen molar-refractivity contribution in [3.05, 3.63) is 93.1 Å². The Morgan fingerprint density at radius 1 is 1.10 bits per heavy atom. The number of thiophene rings is 1. The predicted molar refractivity (Wildman–Crippen MR) is 117 cm³/mol. The number of carbonyl (C=O) groups is 1. The Morgan fingerprint density at radius 3 is 2.57 bits per heavy atom. The third-order valence-electron chi connectivity index (χ3n) is 4.82. The zero-order valence-corrected chi connectivity index (χ0v) is 17.6. The Labute approximate surface area is 178 Å². The number of pyridine rings is 1. The molecule has 0 spiro atoms. The molecule has 0 amide bonds. The molecule has 6 nitrogen and oxygen atoms in total. The number of aromatic nitrogens is 3. The van der Waals surface area contributed by atoms with Gasteiger partial charge in [0, 0.05) is 35.1 Å². The molecule has 0 aliphatic heterocycles. The van der Waals surface area contributed by atoms with Crippen LogP contribution in [0.15, 0.2) is 72.0 Å². The average molecular weight is 420 g/mol. The van der Waals surface area contributed by atoms with Gasteiger partial charge < -0.3 is 9.30 Å². The van der Waals surface area contributed by atoms with Crippen LogP contribution >= 0.6 is 11.3 Å². The zero-order chi connectivity index (χ0) is 21.1. The molecule has 4 aromatic rings. The van der Waals surface area contributed by atoms with Crippen LogP contribution in [0.1, 0.15) is 26.7 Å². The van der Waals surface area contributed by atoms with Gasteiger partial charge in [-0.15, -0.1) is 11.3 Å². The van der Waals surface area contributed by atoms with Gasteiger partial charge in [0.25, 0.3) is 5.56 Å². The van der Waals surface area contributed by atoms with Gasteiger partial charge >= 0.3 is 0 Å². The van der Waals surface area contributed by atoms with Crippen molar-refractivity contribution >= 4 is 17.1 Å². The van der Waals surface area contributed by atoms with Crippen LogP contribution in [0.4, 0.5) is 0 Å². The minimum absolute atomic E-state index is 0.149. The summed E-state index contributed by atoms with van der Waals surface area (Å²) >= 11 is 1.53. The van der Waals surface area contributed by atoms with Crippen molar-refractivity contribution in [2.45, 2.75) is 19.8 Å². The number of rotatable bonds is 7. The first-order valence-electron chi connectivity index (χ1n) is 9.54. The van der Waals surface area contributed by atoms with Crippen LogP contribution in [0.3, 0.4) is 0 Å². The maximum absolute atomic E-state index is 12.4. The third kappa shape index (κ3) is 4.11. The number of ketones is 1. The highest BCUT2D eigenvalue weighted by molar-refractivity contribution is 7.14. The summed E-state index contributed by atoms with van der Waals surface area (Å²) in [7, 11) is 1.48. The molecular weight excluding hydrogens is 398 g/mol. The van der Waals surface area contributed by atoms with E-state index in [-0.39, 0.29) is 11.3 Å². The van der Waals surface area contributed by atoms with Crippen molar-refractivity contribution in [3.63, 3.8) is 0 Å². The minimum atomic E-state index is -0.205. The molecular formula is C23H21N3O3S. The van der Waals surface area contributed by atoms with E-state index in [4.69, 9.17) is 4.74 Å². The number of methoxy groups -OCH3 is 1. The summed E-state index contributed by atoms with van der Waals surface area (Å²) in [6.45, 7) is 2.00. The molecule has 0 fully saturated rings. The normalized spacial score (nSPS) is 10.9. The van der Waals surface area contributed by atoms with E-state index in [1.165, 1.54) is 18.4 Å². The highest BCUT2D eigenvalue weighted by atomic mass is 32.1. The molecule has 30 heavy (non-hydrogen) atoms. The Kier molecular flexibility index (Phi) is 5.63. The van der Waals surface area contributed by atoms with Crippen LogP contribution in [0.5, 0.6) is 5.75 Å². The number of nitrogens with zero attached hydrogens (tertiary/aromatic N) is 3. The maximum atomic E-state index is 12.4. The van der Waals surface area contributed by atoms with Crippen molar-refractivity contribution in [1.29, 1.82) is 0 Å². The van der Waals surface area contributed by atoms with Gasteiger partial charge in [0.15, 0.2) is 11.5 Å². The van der Waals surface area contributed by atoms with E-state index in [0.717, 1.165) is 26.8 Å². The van der Waals surface area contributed by atoms with Crippen molar-refractivity contribution in [2.75, 3.05) is 7.11 Å². The molecule has 1 aromatic carbocycles. The van der Waals surface area contributed by atoms with Crippen LogP contribution in [-0.2, 0) is 6.42 Å². The summed E-state index contributed by atoms with van der Waals surface area (Å²) in [4.78, 5) is 31.0. The summed E-state index contributed by atoms with van der Waals surface area (Å²) in [5.41, 5.74) is 2.33. The lowest BCUT2D eigenvalue weighted by Crippen LogP contribution is -2.18. The largest absolute Gasteiger partial charge is 0.491 e. The van der Waals surface area contributed by atoms with Crippen molar-refractivity contribution < 1.29 is 9.53 Å². The number of benzene rings is 1. The first-order valence-corrected chi connectivity index (χ1v) is 10.4. The van der Waals surface area contributed by atoms with E-state index in [0.29, 0.717) is 18.6 Å². The molecule has 3 heterocycles. The molecule has 152 valence electrons. The molecule has 4 rings (SSSR count). The molecule has 7 heteroatoms. The second-order valence-electron chi connectivity index (χ2n) is 6.87. The molecule has 0 atom stereocenters. The van der Waals surface area contributed by atoms with Gasteiger partial charge in [-0.1, -0.05) is 0 Å². The van der Waals surface area contributed by atoms with E-state index in [1.807, 2.05) is 54.1 Å². The fourth-order valence-corrected chi connectivity index (χ4v) is 4.04. The summed E-state index contributed by atoms with van der Waals surface area (Å²) in [5.74, 6) is 0.448. The molecule has 0 N–H and O–H groups in total. The smallest absolute Gasteiger partial charge is 0.297 e. The Balaban J connectivity index is 1.46. The van der Waals surface area contributed by atoms with Gasteiger partial charge in [-0.2, -0.15) is 0 Å². The molecule has 0 bridgehead atoms. The van der Waals surface area contributed by atoms with Crippen molar-refractivity contribution in [2.24, 2.45) is 0 Å². The van der Waals surface area contributed by atoms with Crippen molar-refractivity contribution in [3.8, 4) is 17.1 Å². The number of imidazole rings is 1.